The number of benzene rings is 2. The molecule has 1 saturated heterocycles. The Morgan fingerprint density at radius 3 is 2.44 bits per heavy atom. The molecule has 2 amide bonds. The first-order valence-electron chi connectivity index (χ1n) is 11.8. The number of carbonyl (C=O) groups is 2. The summed E-state index contributed by atoms with van der Waals surface area (Å²) in [4.78, 5) is 30.0. The maximum atomic E-state index is 13.1. The van der Waals surface area contributed by atoms with E-state index in [0.29, 0.717) is 30.3 Å². The van der Waals surface area contributed by atoms with Crippen molar-refractivity contribution in [3.8, 4) is 5.75 Å². The lowest BCUT2D eigenvalue weighted by Crippen LogP contribution is -2.49. The Kier molecular flexibility index (Phi) is 7.62. The molecule has 0 bridgehead atoms. The highest BCUT2D eigenvalue weighted by atomic mass is 16.5. The second kappa shape index (κ2) is 11.0. The molecular formula is C27H32N4O3. The number of hydrogen-bond donors (Lipinski definition) is 0. The van der Waals surface area contributed by atoms with Gasteiger partial charge in [-0.25, -0.2) is 0 Å². The Morgan fingerprint density at radius 2 is 1.76 bits per heavy atom. The van der Waals surface area contributed by atoms with Crippen LogP contribution in [0.15, 0.2) is 73.1 Å². The maximum absolute atomic E-state index is 13.1. The Bertz CT molecular complexity index is 1080. The lowest BCUT2D eigenvalue weighted by atomic mass is 9.84. The van der Waals surface area contributed by atoms with Crippen molar-refractivity contribution in [1.82, 2.24) is 19.6 Å². The molecule has 1 aromatic heterocycles. The summed E-state index contributed by atoms with van der Waals surface area (Å²) in [6.45, 7) is 1.54. The van der Waals surface area contributed by atoms with E-state index in [-0.39, 0.29) is 24.4 Å². The number of hydrogen-bond acceptors (Lipinski definition) is 4. The number of piperidine rings is 1. The molecule has 0 N–H and O–H groups in total. The first-order chi connectivity index (χ1) is 16.6. The first-order valence-corrected chi connectivity index (χ1v) is 11.8. The van der Waals surface area contributed by atoms with Crippen LogP contribution >= 0.6 is 0 Å². The van der Waals surface area contributed by atoms with Crippen LogP contribution in [-0.4, -0.2) is 64.7 Å². The van der Waals surface area contributed by atoms with Gasteiger partial charge in [0.05, 0.1) is 12.7 Å². The van der Waals surface area contributed by atoms with E-state index in [1.165, 1.54) is 5.56 Å². The molecule has 1 aliphatic rings. The van der Waals surface area contributed by atoms with Gasteiger partial charge >= 0.3 is 0 Å². The molecular weight excluding hydrogens is 428 g/mol. The first kappa shape index (κ1) is 23.5. The Labute approximate surface area is 200 Å². The minimum Gasteiger partial charge on any atom is -0.496 e. The molecule has 178 valence electrons. The van der Waals surface area contributed by atoms with Crippen molar-refractivity contribution in [1.29, 1.82) is 0 Å². The van der Waals surface area contributed by atoms with Crippen LogP contribution in [0.2, 0.25) is 0 Å². The largest absolute Gasteiger partial charge is 0.496 e. The third-order valence-electron chi connectivity index (χ3n) is 6.74. The molecule has 2 heterocycles. The number of amides is 2. The molecule has 3 aromatic rings. The van der Waals surface area contributed by atoms with Gasteiger partial charge in [-0.1, -0.05) is 42.5 Å². The third kappa shape index (κ3) is 5.47. The zero-order chi connectivity index (χ0) is 23.9. The number of carbonyl (C=O) groups excluding carboxylic acids is 2. The fourth-order valence-electron chi connectivity index (χ4n) is 4.78. The van der Waals surface area contributed by atoms with Crippen molar-refractivity contribution in [2.24, 2.45) is 5.92 Å². The summed E-state index contributed by atoms with van der Waals surface area (Å²) in [7, 11) is 3.48. The normalized spacial score (nSPS) is 15.1. The molecule has 0 aliphatic carbocycles. The summed E-state index contributed by atoms with van der Waals surface area (Å²) >= 11 is 0. The van der Waals surface area contributed by atoms with E-state index in [1.54, 1.807) is 24.2 Å². The second-order valence-electron chi connectivity index (χ2n) is 8.80. The summed E-state index contributed by atoms with van der Waals surface area (Å²) in [5.41, 5.74) is 1.80. The smallest absolute Gasteiger partial charge is 0.257 e. The highest BCUT2D eigenvalue weighted by Crippen LogP contribution is 2.29. The van der Waals surface area contributed by atoms with E-state index < -0.39 is 0 Å². The van der Waals surface area contributed by atoms with E-state index in [4.69, 9.17) is 4.74 Å². The number of rotatable bonds is 8. The second-order valence-corrected chi connectivity index (χ2v) is 8.80. The van der Waals surface area contributed by atoms with Crippen LogP contribution < -0.4 is 4.74 Å². The molecule has 0 spiro atoms. The van der Waals surface area contributed by atoms with Crippen molar-refractivity contribution in [3.05, 3.63) is 84.2 Å². The minimum absolute atomic E-state index is 0.00128. The van der Waals surface area contributed by atoms with Crippen LogP contribution in [0.3, 0.4) is 0 Å². The van der Waals surface area contributed by atoms with Crippen LogP contribution in [0.4, 0.5) is 0 Å². The molecule has 7 nitrogen and oxygen atoms in total. The van der Waals surface area contributed by atoms with Gasteiger partial charge in [-0.15, -0.1) is 0 Å². The zero-order valence-corrected chi connectivity index (χ0v) is 19.8. The van der Waals surface area contributed by atoms with E-state index in [1.807, 2.05) is 65.4 Å². The van der Waals surface area contributed by atoms with Gasteiger partial charge in [0.1, 0.15) is 12.3 Å². The van der Waals surface area contributed by atoms with Gasteiger partial charge in [-0.2, -0.15) is 5.10 Å². The Morgan fingerprint density at radius 1 is 1.06 bits per heavy atom. The molecule has 7 heteroatoms. The number of likely N-dealkylation sites (N-methyl/N-ethyl adjacent to an activating group) is 1. The monoisotopic (exact) mass is 460 g/mol. The summed E-state index contributed by atoms with van der Waals surface area (Å²) in [6, 6.07) is 19.5. The van der Waals surface area contributed by atoms with Crippen LogP contribution in [-0.2, 0) is 17.8 Å². The summed E-state index contributed by atoms with van der Waals surface area (Å²) in [5.74, 6) is 0.935. The topological polar surface area (TPSA) is 67.7 Å². The molecule has 4 rings (SSSR count). The highest BCUT2D eigenvalue weighted by molar-refractivity contribution is 5.97. The summed E-state index contributed by atoms with van der Waals surface area (Å²) in [6.07, 6.45) is 5.96. The van der Waals surface area contributed by atoms with E-state index in [2.05, 4.69) is 17.2 Å². The molecule has 1 fully saturated rings. The fraction of sp³-hybridized carbons (Fsp3) is 0.370. The van der Waals surface area contributed by atoms with E-state index in [9.17, 15) is 9.59 Å². The third-order valence-corrected chi connectivity index (χ3v) is 6.74. The summed E-state index contributed by atoms with van der Waals surface area (Å²) in [5, 5.41) is 4.18. The van der Waals surface area contributed by atoms with Crippen LogP contribution in [0, 0.1) is 5.92 Å². The zero-order valence-electron chi connectivity index (χ0n) is 19.8. The Balaban J connectivity index is 1.46. The minimum atomic E-state index is -0.00128. The molecule has 0 saturated carbocycles. The molecule has 0 radical (unpaired) electrons. The number of para-hydroxylation sites is 1. The maximum Gasteiger partial charge on any atom is 0.257 e. The van der Waals surface area contributed by atoms with Gasteiger partial charge < -0.3 is 14.5 Å². The lowest BCUT2D eigenvalue weighted by Gasteiger charge is -2.40. The van der Waals surface area contributed by atoms with Crippen molar-refractivity contribution < 1.29 is 14.3 Å². The van der Waals surface area contributed by atoms with Crippen molar-refractivity contribution in [2.45, 2.75) is 31.8 Å². The van der Waals surface area contributed by atoms with Gasteiger partial charge in [0.2, 0.25) is 5.91 Å². The predicted molar refractivity (Wildman–Crippen MR) is 131 cm³/mol. The Hall–Kier alpha value is -3.61. The summed E-state index contributed by atoms with van der Waals surface area (Å²) < 4.78 is 7.04. The average molecular weight is 461 g/mol. The van der Waals surface area contributed by atoms with Crippen LogP contribution in [0.5, 0.6) is 5.75 Å². The molecule has 1 atom stereocenters. The molecule has 2 aromatic carbocycles. The number of aromatic nitrogens is 2. The van der Waals surface area contributed by atoms with Gasteiger partial charge in [0.15, 0.2) is 0 Å². The standard InChI is InChI=1S/C27H32N4O3/c1-29(26(32)20-31-16-8-15-28-31)24(19-21-9-4-3-5-10-21)22-13-17-30(18-14-22)27(33)23-11-6-7-12-25(23)34-2/h3-12,15-16,22,24H,13-14,17-20H2,1-2H3/t24-/m1/s1. The molecule has 0 unspecified atom stereocenters. The van der Waals surface area contributed by atoms with Crippen LogP contribution in [0.1, 0.15) is 28.8 Å². The lowest BCUT2D eigenvalue weighted by molar-refractivity contribution is -0.134. The van der Waals surface area contributed by atoms with Crippen molar-refractivity contribution in [2.75, 3.05) is 27.2 Å². The number of methoxy groups -OCH3 is 1. The van der Waals surface area contributed by atoms with Gasteiger partial charge in [0.25, 0.3) is 5.91 Å². The van der Waals surface area contributed by atoms with Gasteiger partial charge in [-0.3, -0.25) is 14.3 Å². The quantitative estimate of drug-likeness (QED) is 0.516. The molecule has 34 heavy (non-hydrogen) atoms. The van der Waals surface area contributed by atoms with E-state index >= 15 is 0 Å². The van der Waals surface area contributed by atoms with Crippen molar-refractivity contribution >= 4 is 11.8 Å². The molecule has 1 aliphatic heterocycles. The average Bonchev–Trinajstić information content (AvgIpc) is 3.40. The SMILES string of the molecule is COc1ccccc1C(=O)N1CCC([C@@H](Cc2ccccc2)N(C)C(=O)Cn2cccn2)CC1. The predicted octanol–water partition coefficient (Wildman–Crippen LogP) is 3.51. The number of likely N-dealkylation sites (tertiary alicyclic amines) is 1. The van der Waals surface area contributed by atoms with Gasteiger partial charge in [-0.05, 0) is 48.9 Å². The number of nitrogens with zero attached hydrogens (tertiary/aromatic N) is 4. The number of ether oxygens (including phenoxy) is 1. The van der Waals surface area contributed by atoms with Crippen LogP contribution in [0.25, 0.3) is 0 Å². The van der Waals surface area contributed by atoms with E-state index in [0.717, 1.165) is 19.3 Å². The van der Waals surface area contributed by atoms with Crippen molar-refractivity contribution in [3.63, 3.8) is 0 Å². The van der Waals surface area contributed by atoms with Gasteiger partial charge in [0, 0.05) is 38.6 Å². The highest BCUT2D eigenvalue weighted by Gasteiger charge is 2.33. The fourth-order valence-corrected chi connectivity index (χ4v) is 4.78.